The maximum Gasteiger partial charge on any atom is 0.277 e. The fraction of sp³-hybridized carbons (Fsp3) is 0.259. The molecule has 9 heteroatoms. The molecule has 0 saturated carbocycles. The highest BCUT2D eigenvalue weighted by atomic mass is 19.1. The lowest BCUT2D eigenvalue weighted by atomic mass is 9.78. The smallest absolute Gasteiger partial charge is 0.277 e. The van der Waals surface area contributed by atoms with Crippen LogP contribution in [0.3, 0.4) is 0 Å². The van der Waals surface area contributed by atoms with E-state index in [0.29, 0.717) is 52.6 Å². The number of nitro benzene ring substituents is 1. The van der Waals surface area contributed by atoms with Gasteiger partial charge < -0.3 is 19.7 Å². The van der Waals surface area contributed by atoms with Crippen molar-refractivity contribution >= 4 is 16.5 Å². The number of nitro groups is 1. The minimum absolute atomic E-state index is 0.0576. The molecule has 2 aliphatic heterocycles. The Kier molecular flexibility index (Phi) is 4.78. The molecule has 2 aliphatic rings. The molecular weight excluding hydrogens is 467 g/mol. The average molecular weight is 490 g/mol. The van der Waals surface area contributed by atoms with Crippen LogP contribution in [-0.4, -0.2) is 26.3 Å². The van der Waals surface area contributed by atoms with Crippen LogP contribution in [0, 0.1) is 15.9 Å². The van der Waals surface area contributed by atoms with Gasteiger partial charge in [-0.15, -0.1) is 0 Å². The number of fused-ring (bicyclic) bond motifs is 6. The molecule has 0 amide bonds. The number of non-ortho nitro benzene ring substituents is 1. The number of benzene rings is 3. The van der Waals surface area contributed by atoms with Crippen LogP contribution in [0.2, 0.25) is 0 Å². The molecule has 2 bridgehead atoms. The summed E-state index contributed by atoms with van der Waals surface area (Å²) in [6.45, 7) is 2.14. The third-order valence-electron chi connectivity index (χ3n) is 7.44. The number of nitrogens with zero attached hydrogens (tertiary/aromatic N) is 2. The molecule has 2 atom stereocenters. The maximum atomic E-state index is 13.2. The average Bonchev–Trinajstić information content (AvgIpc) is 3.44. The Morgan fingerprint density at radius 1 is 1.03 bits per heavy atom. The second-order valence-corrected chi connectivity index (χ2v) is 9.52. The molecule has 6 rings (SSSR count). The second kappa shape index (κ2) is 7.69. The highest BCUT2D eigenvalue weighted by molar-refractivity contribution is 5.97. The Balaban J connectivity index is 1.43. The lowest BCUT2D eigenvalue weighted by molar-refractivity contribution is -0.383. The van der Waals surface area contributed by atoms with Gasteiger partial charge in [0.2, 0.25) is 11.8 Å². The summed E-state index contributed by atoms with van der Waals surface area (Å²) in [5.41, 5.74) is -0.254. The van der Waals surface area contributed by atoms with Crippen LogP contribution < -0.4 is 4.74 Å². The van der Waals surface area contributed by atoms with Crippen LogP contribution in [0.5, 0.6) is 17.5 Å². The van der Waals surface area contributed by atoms with Crippen molar-refractivity contribution in [2.45, 2.75) is 37.4 Å². The molecule has 3 heterocycles. The monoisotopic (exact) mass is 490 g/mol. The van der Waals surface area contributed by atoms with Crippen molar-refractivity contribution in [1.82, 2.24) is 4.57 Å². The molecule has 2 N–H and O–H groups in total. The zero-order valence-electron chi connectivity index (χ0n) is 19.4. The highest BCUT2D eigenvalue weighted by Gasteiger charge is 2.61. The Hall–Kier alpha value is -4.11. The molecule has 184 valence electrons. The van der Waals surface area contributed by atoms with E-state index in [9.17, 15) is 24.7 Å². The summed E-state index contributed by atoms with van der Waals surface area (Å²) in [6.07, 6.45) is 1.68. The van der Waals surface area contributed by atoms with Crippen LogP contribution in [0.15, 0.2) is 60.7 Å². The summed E-state index contributed by atoms with van der Waals surface area (Å²) >= 11 is 0. The van der Waals surface area contributed by atoms with Crippen LogP contribution >= 0.6 is 0 Å². The van der Waals surface area contributed by atoms with Crippen molar-refractivity contribution in [2.75, 3.05) is 6.61 Å². The van der Waals surface area contributed by atoms with E-state index in [0.717, 1.165) is 0 Å². The third-order valence-corrected chi connectivity index (χ3v) is 7.44. The summed E-state index contributed by atoms with van der Waals surface area (Å²) in [5.74, 6) is -0.137. The van der Waals surface area contributed by atoms with Gasteiger partial charge in [-0.1, -0.05) is 18.2 Å². The molecule has 1 aromatic heterocycles. The minimum Gasteiger partial charge on any atom is -0.494 e. The van der Waals surface area contributed by atoms with Crippen LogP contribution in [0.1, 0.15) is 37.3 Å². The summed E-state index contributed by atoms with van der Waals surface area (Å²) < 4.78 is 26.8. The quantitative estimate of drug-likeness (QED) is 0.262. The largest absolute Gasteiger partial charge is 0.494 e. The van der Waals surface area contributed by atoms with Gasteiger partial charge in [0.15, 0.2) is 0 Å². The molecule has 1 fully saturated rings. The maximum absolute atomic E-state index is 13.2. The van der Waals surface area contributed by atoms with Crippen molar-refractivity contribution in [1.29, 1.82) is 0 Å². The number of ether oxygens (including phenoxy) is 2. The van der Waals surface area contributed by atoms with Crippen molar-refractivity contribution in [3.63, 3.8) is 0 Å². The predicted molar refractivity (Wildman–Crippen MR) is 129 cm³/mol. The van der Waals surface area contributed by atoms with E-state index in [1.807, 2.05) is 6.92 Å². The van der Waals surface area contributed by atoms with Gasteiger partial charge in [0.05, 0.1) is 39.3 Å². The lowest BCUT2D eigenvalue weighted by Crippen LogP contribution is -2.25. The minimum atomic E-state index is -0.868. The molecule has 2 unspecified atom stereocenters. The SMILES string of the molecule is CC12CCC(CCOc3ccc(F)cc3)(O1)c1c2c(O)n(-c2ccc([N+](=O)[O-])c3ccccc23)c1O. The van der Waals surface area contributed by atoms with Gasteiger partial charge in [0.25, 0.3) is 5.69 Å². The summed E-state index contributed by atoms with van der Waals surface area (Å²) in [5, 5.41) is 35.3. The molecule has 0 spiro atoms. The van der Waals surface area contributed by atoms with E-state index in [1.165, 1.54) is 28.8 Å². The Morgan fingerprint density at radius 2 is 1.72 bits per heavy atom. The molecule has 8 nitrogen and oxygen atoms in total. The number of aromatic nitrogens is 1. The summed E-state index contributed by atoms with van der Waals surface area (Å²) in [4.78, 5) is 11.1. The van der Waals surface area contributed by atoms with E-state index in [2.05, 4.69) is 0 Å². The normalized spacial score (nSPS) is 22.2. The topological polar surface area (TPSA) is 107 Å². The molecule has 36 heavy (non-hydrogen) atoms. The zero-order valence-corrected chi connectivity index (χ0v) is 19.4. The second-order valence-electron chi connectivity index (χ2n) is 9.52. The zero-order chi connectivity index (χ0) is 25.2. The highest BCUT2D eigenvalue weighted by Crippen LogP contribution is 2.65. The standard InChI is InChI=1S/C27H23FN2O6/c1-26-12-13-27(36-26,14-15-35-17-8-6-16(28)7-9-17)23-22(26)24(31)29(25(23)32)20-10-11-21(30(33)34)19-5-3-2-4-18(19)20/h2-11,31-32H,12-15H2,1H3. The number of aromatic hydroxyl groups is 2. The van der Waals surface area contributed by atoms with Gasteiger partial charge >= 0.3 is 0 Å². The van der Waals surface area contributed by atoms with Crippen LogP contribution in [0.25, 0.3) is 16.5 Å². The van der Waals surface area contributed by atoms with E-state index in [-0.39, 0.29) is 29.9 Å². The molecule has 0 radical (unpaired) electrons. The number of hydrogen-bond acceptors (Lipinski definition) is 6. The first-order chi connectivity index (χ1) is 17.2. The first-order valence-corrected chi connectivity index (χ1v) is 11.7. The van der Waals surface area contributed by atoms with Gasteiger partial charge in [-0.3, -0.25) is 14.7 Å². The Morgan fingerprint density at radius 3 is 2.44 bits per heavy atom. The number of rotatable bonds is 6. The van der Waals surface area contributed by atoms with Crippen molar-refractivity contribution in [3.8, 4) is 23.2 Å². The molecular formula is C27H23FN2O6. The van der Waals surface area contributed by atoms with Gasteiger partial charge in [0.1, 0.15) is 17.2 Å². The first kappa shape index (κ1) is 22.4. The summed E-state index contributed by atoms with van der Waals surface area (Å²) in [6, 6.07) is 15.5. The number of hydrogen-bond donors (Lipinski definition) is 2. The number of halogens is 1. The third kappa shape index (κ3) is 3.09. The van der Waals surface area contributed by atoms with Crippen molar-refractivity contribution < 1.29 is 29.0 Å². The first-order valence-electron chi connectivity index (χ1n) is 11.7. The van der Waals surface area contributed by atoms with Crippen molar-refractivity contribution in [2.24, 2.45) is 0 Å². The van der Waals surface area contributed by atoms with E-state index >= 15 is 0 Å². The van der Waals surface area contributed by atoms with E-state index in [1.54, 1.807) is 36.4 Å². The van der Waals surface area contributed by atoms with Gasteiger partial charge in [-0.25, -0.2) is 4.39 Å². The fourth-order valence-corrected chi connectivity index (χ4v) is 5.82. The van der Waals surface area contributed by atoms with Gasteiger partial charge in [0, 0.05) is 17.9 Å². The summed E-state index contributed by atoms with van der Waals surface area (Å²) in [7, 11) is 0. The Bertz CT molecular complexity index is 1530. The molecule has 0 aliphatic carbocycles. The molecule has 4 aromatic rings. The molecule has 3 aromatic carbocycles. The lowest BCUT2D eigenvalue weighted by Gasteiger charge is -2.26. The predicted octanol–water partition coefficient (Wildman–Crippen LogP) is 5.79. The Labute approximate surface area is 205 Å². The fourth-order valence-electron chi connectivity index (χ4n) is 5.82. The van der Waals surface area contributed by atoms with E-state index in [4.69, 9.17) is 9.47 Å². The van der Waals surface area contributed by atoms with E-state index < -0.39 is 16.1 Å². The van der Waals surface area contributed by atoms with Gasteiger partial charge in [-0.2, -0.15) is 0 Å². The van der Waals surface area contributed by atoms with Crippen LogP contribution in [0.4, 0.5) is 10.1 Å². The van der Waals surface area contributed by atoms with Gasteiger partial charge in [-0.05, 0) is 56.2 Å². The van der Waals surface area contributed by atoms with Crippen LogP contribution in [-0.2, 0) is 15.9 Å². The molecule has 1 saturated heterocycles. The van der Waals surface area contributed by atoms with Crippen molar-refractivity contribution in [3.05, 3.63) is 87.7 Å².